The molecule has 1 aliphatic carbocycles. The van der Waals surface area contributed by atoms with E-state index < -0.39 is 28.0 Å². The van der Waals surface area contributed by atoms with Gasteiger partial charge in [0.05, 0.1) is 23.5 Å². The van der Waals surface area contributed by atoms with Crippen LogP contribution in [0.4, 0.5) is 0 Å². The average molecular weight is 562 g/mol. The summed E-state index contributed by atoms with van der Waals surface area (Å²) in [7, 11) is -4.18. The molecule has 0 amide bonds. The SMILES string of the molecule is CC(C)CN(C[C@@H](O)[C@@H](CC(=O)OC1CC2CCO[C@@H]2C1)Cc1ccccc1)S(=O)(=O)c1cc(O)cc(O)c1. The molecule has 2 aromatic carbocycles. The number of phenolic OH excluding ortho intramolecular Hbond substituents is 2. The Morgan fingerprint density at radius 3 is 2.41 bits per heavy atom. The lowest BCUT2D eigenvalue weighted by molar-refractivity contribution is -0.151. The summed E-state index contributed by atoms with van der Waals surface area (Å²) in [6.07, 6.45) is 1.48. The van der Waals surface area contributed by atoms with Crippen LogP contribution in [-0.2, 0) is 30.7 Å². The molecule has 2 aliphatic rings. The predicted octanol–water partition coefficient (Wildman–Crippen LogP) is 3.47. The molecule has 4 rings (SSSR count). The molecular weight excluding hydrogens is 522 g/mol. The van der Waals surface area contributed by atoms with Crippen LogP contribution in [0.2, 0.25) is 0 Å². The highest BCUT2D eigenvalue weighted by Crippen LogP contribution is 2.37. The molecule has 1 aliphatic heterocycles. The van der Waals surface area contributed by atoms with Crippen LogP contribution < -0.4 is 0 Å². The van der Waals surface area contributed by atoms with Gasteiger partial charge < -0.3 is 24.8 Å². The number of aromatic hydroxyl groups is 2. The fourth-order valence-electron chi connectivity index (χ4n) is 5.62. The van der Waals surface area contributed by atoms with Crippen LogP contribution >= 0.6 is 0 Å². The van der Waals surface area contributed by atoms with Crippen molar-refractivity contribution in [3.8, 4) is 11.5 Å². The quantitative estimate of drug-likeness (QED) is 0.336. The molecule has 0 spiro atoms. The Labute approximate surface area is 230 Å². The predicted molar refractivity (Wildman–Crippen MR) is 145 cm³/mol. The molecule has 1 saturated heterocycles. The molecule has 9 nitrogen and oxygen atoms in total. The molecule has 2 aromatic rings. The van der Waals surface area contributed by atoms with Crippen molar-refractivity contribution in [1.29, 1.82) is 0 Å². The minimum atomic E-state index is -4.18. The van der Waals surface area contributed by atoms with Gasteiger partial charge in [-0.3, -0.25) is 4.79 Å². The number of benzene rings is 2. The van der Waals surface area contributed by atoms with E-state index in [9.17, 15) is 28.5 Å². The normalized spacial score (nSPS) is 22.6. The smallest absolute Gasteiger partial charge is 0.306 e. The van der Waals surface area contributed by atoms with Crippen LogP contribution in [0, 0.1) is 17.8 Å². The van der Waals surface area contributed by atoms with Gasteiger partial charge in [0.2, 0.25) is 10.0 Å². The molecule has 0 radical (unpaired) electrons. The van der Waals surface area contributed by atoms with Crippen LogP contribution in [0.3, 0.4) is 0 Å². The zero-order valence-electron chi connectivity index (χ0n) is 22.5. The third-order valence-corrected chi connectivity index (χ3v) is 9.30. The number of aliphatic hydroxyl groups excluding tert-OH is 1. The van der Waals surface area contributed by atoms with Gasteiger partial charge in [0.25, 0.3) is 0 Å². The number of carbonyl (C=O) groups excluding carboxylic acids is 1. The Bertz CT molecular complexity index is 1190. The lowest BCUT2D eigenvalue weighted by Gasteiger charge is -2.30. The fraction of sp³-hybridized carbons (Fsp3) is 0.552. The Balaban J connectivity index is 1.51. The number of rotatable bonds is 12. The van der Waals surface area contributed by atoms with E-state index in [-0.39, 0.29) is 54.0 Å². The Morgan fingerprint density at radius 2 is 1.77 bits per heavy atom. The second-order valence-electron chi connectivity index (χ2n) is 11.2. The topological polar surface area (TPSA) is 134 Å². The number of ether oxygens (including phenoxy) is 2. The van der Waals surface area contributed by atoms with E-state index in [2.05, 4.69) is 0 Å². The lowest BCUT2D eigenvalue weighted by Crippen LogP contribution is -2.43. The minimum Gasteiger partial charge on any atom is -0.508 e. The maximum absolute atomic E-state index is 13.5. The monoisotopic (exact) mass is 561 g/mol. The van der Waals surface area contributed by atoms with Crippen LogP contribution in [0.15, 0.2) is 53.4 Å². The number of hydrogen-bond donors (Lipinski definition) is 3. The molecule has 1 heterocycles. The molecule has 2 fully saturated rings. The molecular formula is C29H39NO8S. The van der Waals surface area contributed by atoms with E-state index >= 15 is 0 Å². The third-order valence-electron chi connectivity index (χ3n) is 7.49. The highest BCUT2D eigenvalue weighted by Gasteiger charge is 2.40. The van der Waals surface area contributed by atoms with Crippen molar-refractivity contribution >= 4 is 16.0 Å². The molecule has 2 unspecified atom stereocenters. The first-order valence-corrected chi connectivity index (χ1v) is 15.0. The van der Waals surface area contributed by atoms with Crippen molar-refractivity contribution in [2.45, 2.75) is 69.2 Å². The fourth-order valence-corrected chi connectivity index (χ4v) is 7.30. The van der Waals surface area contributed by atoms with Crippen molar-refractivity contribution in [3.63, 3.8) is 0 Å². The summed E-state index contributed by atoms with van der Waals surface area (Å²) in [5.41, 5.74) is 0.911. The highest BCUT2D eigenvalue weighted by molar-refractivity contribution is 7.89. The molecule has 214 valence electrons. The van der Waals surface area contributed by atoms with Crippen LogP contribution in [0.1, 0.15) is 45.1 Å². The van der Waals surface area contributed by atoms with Gasteiger partial charge in [-0.2, -0.15) is 4.31 Å². The highest BCUT2D eigenvalue weighted by atomic mass is 32.2. The summed E-state index contributed by atoms with van der Waals surface area (Å²) in [6.45, 7) is 4.30. The number of carbonyl (C=O) groups is 1. The van der Waals surface area contributed by atoms with E-state index in [0.717, 1.165) is 47.5 Å². The van der Waals surface area contributed by atoms with Gasteiger partial charge in [-0.1, -0.05) is 44.2 Å². The summed E-state index contributed by atoms with van der Waals surface area (Å²) in [4.78, 5) is 12.7. The van der Waals surface area contributed by atoms with Gasteiger partial charge in [0.1, 0.15) is 17.6 Å². The summed E-state index contributed by atoms with van der Waals surface area (Å²) < 4.78 is 39.7. The van der Waals surface area contributed by atoms with Gasteiger partial charge in [0.15, 0.2) is 0 Å². The molecule has 0 aromatic heterocycles. The van der Waals surface area contributed by atoms with Gasteiger partial charge >= 0.3 is 5.97 Å². The third kappa shape index (κ3) is 7.72. The van der Waals surface area contributed by atoms with E-state index in [1.165, 1.54) is 0 Å². The molecule has 39 heavy (non-hydrogen) atoms. The minimum absolute atomic E-state index is 0.0643. The number of phenols is 2. The van der Waals surface area contributed by atoms with Gasteiger partial charge in [-0.15, -0.1) is 0 Å². The summed E-state index contributed by atoms with van der Waals surface area (Å²) in [5.74, 6) is -1.44. The Kier molecular flexibility index (Phi) is 9.53. The van der Waals surface area contributed by atoms with E-state index in [0.29, 0.717) is 18.8 Å². The van der Waals surface area contributed by atoms with Crippen molar-refractivity contribution in [2.24, 2.45) is 17.8 Å². The van der Waals surface area contributed by atoms with Gasteiger partial charge in [0, 0.05) is 50.2 Å². The average Bonchev–Trinajstić information content (AvgIpc) is 3.45. The summed E-state index contributed by atoms with van der Waals surface area (Å²) >= 11 is 0. The van der Waals surface area contributed by atoms with Gasteiger partial charge in [-0.05, 0) is 36.7 Å². The number of sulfonamides is 1. The number of aliphatic hydroxyl groups is 1. The lowest BCUT2D eigenvalue weighted by atomic mass is 9.90. The maximum Gasteiger partial charge on any atom is 0.306 e. The molecule has 0 bridgehead atoms. The molecule has 10 heteroatoms. The number of nitrogens with zero attached hydrogens (tertiary/aromatic N) is 1. The van der Waals surface area contributed by atoms with Crippen molar-refractivity contribution in [1.82, 2.24) is 4.31 Å². The zero-order valence-corrected chi connectivity index (χ0v) is 23.3. The Morgan fingerprint density at radius 1 is 1.08 bits per heavy atom. The van der Waals surface area contributed by atoms with Crippen molar-refractivity contribution in [2.75, 3.05) is 19.7 Å². The molecule has 3 N–H and O–H groups in total. The largest absolute Gasteiger partial charge is 0.508 e. The first kappa shape index (κ1) is 29.3. The zero-order chi connectivity index (χ0) is 28.2. The van der Waals surface area contributed by atoms with Gasteiger partial charge in [-0.25, -0.2) is 8.42 Å². The van der Waals surface area contributed by atoms with E-state index in [4.69, 9.17) is 9.47 Å². The van der Waals surface area contributed by atoms with E-state index in [1.807, 2.05) is 44.2 Å². The first-order chi connectivity index (χ1) is 18.5. The molecule has 1 saturated carbocycles. The standard InChI is InChI=1S/C29H39NO8S/c1-19(2)17-30(39(35,36)26-14-23(31)13-24(32)15-26)18-27(33)22(10-20-6-4-3-5-7-20)12-29(34)38-25-11-21-8-9-37-28(21)16-25/h3-7,13-15,19,21-22,25,27-28,31-33H,8-12,16-18H2,1-2H3/t21?,22-,25?,27-,28-/m1/s1. The van der Waals surface area contributed by atoms with Crippen molar-refractivity contribution in [3.05, 3.63) is 54.1 Å². The molecule has 5 atom stereocenters. The summed E-state index contributed by atoms with van der Waals surface area (Å²) in [6, 6.07) is 12.6. The van der Waals surface area contributed by atoms with Crippen LogP contribution in [0.25, 0.3) is 0 Å². The first-order valence-electron chi connectivity index (χ1n) is 13.6. The number of hydrogen-bond acceptors (Lipinski definition) is 8. The Hall–Kier alpha value is -2.66. The van der Waals surface area contributed by atoms with Crippen LogP contribution in [-0.4, -0.2) is 72.0 Å². The second-order valence-corrected chi connectivity index (χ2v) is 13.1. The number of fused-ring (bicyclic) bond motifs is 1. The number of esters is 1. The second kappa shape index (κ2) is 12.7. The van der Waals surface area contributed by atoms with Crippen LogP contribution in [0.5, 0.6) is 11.5 Å². The van der Waals surface area contributed by atoms with E-state index in [1.54, 1.807) is 0 Å². The maximum atomic E-state index is 13.5. The summed E-state index contributed by atoms with van der Waals surface area (Å²) in [5, 5.41) is 31.1. The van der Waals surface area contributed by atoms with Crippen molar-refractivity contribution < 1.29 is 38.0 Å².